The Morgan fingerprint density at radius 1 is 1.22 bits per heavy atom. The van der Waals surface area contributed by atoms with Crippen LogP contribution in [0.2, 0.25) is 10.0 Å². The number of aryl methyl sites for hydroxylation is 1. The summed E-state index contributed by atoms with van der Waals surface area (Å²) in [7, 11) is 0. The van der Waals surface area contributed by atoms with Gasteiger partial charge in [0.2, 0.25) is 0 Å². The van der Waals surface area contributed by atoms with Crippen LogP contribution in [0.3, 0.4) is 0 Å². The van der Waals surface area contributed by atoms with E-state index in [0.717, 1.165) is 11.3 Å². The van der Waals surface area contributed by atoms with E-state index in [1.165, 1.54) is 9.58 Å². The quantitative estimate of drug-likeness (QED) is 0.633. The van der Waals surface area contributed by atoms with Crippen LogP contribution in [0.15, 0.2) is 42.7 Å². The Hall–Kier alpha value is -2.44. The van der Waals surface area contributed by atoms with Crippen molar-refractivity contribution in [3.63, 3.8) is 0 Å². The van der Waals surface area contributed by atoms with Gasteiger partial charge < -0.3 is 4.90 Å². The number of rotatable bonds is 3. The number of pyridine rings is 1. The first kappa shape index (κ1) is 17.9. The molecule has 27 heavy (non-hydrogen) atoms. The van der Waals surface area contributed by atoms with Crippen molar-refractivity contribution in [2.24, 2.45) is 0 Å². The largest absolute Gasteiger partial charge is 0.305 e. The van der Waals surface area contributed by atoms with Gasteiger partial charge in [0.05, 0.1) is 28.8 Å². The third-order valence-corrected chi connectivity index (χ3v) is 5.32. The van der Waals surface area contributed by atoms with Crippen molar-refractivity contribution >= 4 is 34.8 Å². The van der Waals surface area contributed by atoms with Crippen LogP contribution in [-0.2, 0) is 0 Å². The average Bonchev–Trinajstić information content (AvgIpc) is 3.10. The molecule has 3 heterocycles. The van der Waals surface area contributed by atoms with Gasteiger partial charge in [-0.3, -0.25) is 14.5 Å². The Morgan fingerprint density at radius 3 is 2.74 bits per heavy atom. The first-order valence-electron chi connectivity index (χ1n) is 8.33. The Balaban J connectivity index is 1.84. The van der Waals surface area contributed by atoms with Gasteiger partial charge >= 0.3 is 0 Å². The molecule has 1 aromatic carbocycles. The van der Waals surface area contributed by atoms with Crippen molar-refractivity contribution in [1.82, 2.24) is 14.8 Å². The molecule has 0 radical (unpaired) electrons. The number of halogens is 3. The topological polar surface area (TPSA) is 51.0 Å². The van der Waals surface area contributed by atoms with Crippen LogP contribution in [-0.4, -0.2) is 33.9 Å². The van der Waals surface area contributed by atoms with Gasteiger partial charge in [-0.15, -0.1) is 0 Å². The van der Waals surface area contributed by atoms with Gasteiger partial charge in [0.1, 0.15) is 12.4 Å². The zero-order valence-corrected chi connectivity index (χ0v) is 15.9. The first-order chi connectivity index (χ1) is 13.0. The van der Waals surface area contributed by atoms with E-state index in [1.807, 2.05) is 13.0 Å². The summed E-state index contributed by atoms with van der Waals surface area (Å²) < 4.78 is 15.2. The molecule has 4 rings (SSSR count). The molecule has 1 aliphatic rings. The Morgan fingerprint density at radius 2 is 2.04 bits per heavy atom. The van der Waals surface area contributed by atoms with Crippen LogP contribution in [0.25, 0.3) is 11.1 Å². The molecule has 0 fully saturated rings. The lowest BCUT2D eigenvalue weighted by Crippen LogP contribution is -2.44. The number of carbonyl (C=O) groups excluding carboxylic acids is 1. The number of amides is 1. The number of hydrogen-bond donors (Lipinski definition) is 0. The van der Waals surface area contributed by atoms with Crippen LogP contribution in [0.5, 0.6) is 0 Å². The Kier molecular flexibility index (Phi) is 4.61. The summed E-state index contributed by atoms with van der Waals surface area (Å²) in [6.45, 7) is 1.39. The molecule has 0 bridgehead atoms. The van der Waals surface area contributed by atoms with Crippen molar-refractivity contribution in [1.29, 1.82) is 0 Å². The molecule has 1 aliphatic heterocycles. The minimum Gasteiger partial charge on any atom is -0.305 e. The molecule has 1 atom stereocenters. The van der Waals surface area contributed by atoms with Crippen molar-refractivity contribution in [3.8, 4) is 11.1 Å². The van der Waals surface area contributed by atoms with Crippen LogP contribution in [0, 0.1) is 6.92 Å². The summed E-state index contributed by atoms with van der Waals surface area (Å²) in [4.78, 5) is 19.0. The third-order valence-electron chi connectivity index (χ3n) is 4.58. The molecule has 0 N–H and O–H groups in total. The van der Waals surface area contributed by atoms with E-state index < -0.39 is 12.7 Å². The second kappa shape index (κ2) is 6.94. The Labute approximate surface area is 165 Å². The highest BCUT2D eigenvalue weighted by molar-refractivity contribution is 6.42. The predicted molar refractivity (Wildman–Crippen MR) is 103 cm³/mol. The van der Waals surface area contributed by atoms with Gasteiger partial charge in [-0.25, -0.2) is 4.39 Å². The third kappa shape index (κ3) is 3.09. The minimum absolute atomic E-state index is 0.163. The van der Waals surface area contributed by atoms with Gasteiger partial charge in [0.25, 0.3) is 5.91 Å². The predicted octanol–water partition coefficient (Wildman–Crippen LogP) is 4.73. The van der Waals surface area contributed by atoms with Gasteiger partial charge in [0, 0.05) is 23.1 Å². The number of carbonyl (C=O) groups is 1. The molecule has 0 aliphatic carbocycles. The highest BCUT2D eigenvalue weighted by Gasteiger charge is 2.35. The molecule has 138 valence electrons. The lowest BCUT2D eigenvalue weighted by atomic mass is 10.0. The van der Waals surface area contributed by atoms with E-state index in [-0.39, 0.29) is 12.5 Å². The second-order valence-electron chi connectivity index (χ2n) is 6.36. The number of fused-ring (bicyclic) bond motifs is 1. The second-order valence-corrected chi connectivity index (χ2v) is 7.17. The SMILES string of the molecule is Cc1cc(-c2cnn3c2C(=O)N(c2ccc(Cl)c(Cl)c2)C[C@@H]3CF)ccn1. The fraction of sp³-hybridized carbons (Fsp3) is 0.211. The minimum atomic E-state index is -0.644. The summed E-state index contributed by atoms with van der Waals surface area (Å²) in [5, 5.41) is 5.02. The number of alkyl halides is 1. The fourth-order valence-electron chi connectivity index (χ4n) is 3.27. The van der Waals surface area contributed by atoms with E-state index in [1.54, 1.807) is 36.7 Å². The van der Waals surface area contributed by atoms with Crippen molar-refractivity contribution in [3.05, 3.63) is 64.2 Å². The molecule has 1 amide bonds. The summed E-state index contributed by atoms with van der Waals surface area (Å²) in [5.41, 5.74) is 3.19. The molecule has 8 heteroatoms. The molecule has 2 aromatic heterocycles. The Bertz CT molecular complexity index is 1040. The molecule has 0 saturated carbocycles. The van der Waals surface area contributed by atoms with E-state index in [2.05, 4.69) is 10.1 Å². The van der Waals surface area contributed by atoms with E-state index in [0.29, 0.717) is 27.0 Å². The monoisotopic (exact) mass is 404 g/mol. The van der Waals surface area contributed by atoms with Gasteiger partial charge in [-0.1, -0.05) is 23.2 Å². The van der Waals surface area contributed by atoms with Gasteiger partial charge in [0.15, 0.2) is 0 Å². The molecule has 3 aromatic rings. The van der Waals surface area contributed by atoms with E-state index >= 15 is 0 Å². The molecule has 5 nitrogen and oxygen atoms in total. The average molecular weight is 405 g/mol. The van der Waals surface area contributed by atoms with E-state index in [9.17, 15) is 9.18 Å². The maximum Gasteiger partial charge on any atom is 0.277 e. The lowest BCUT2D eigenvalue weighted by molar-refractivity contribution is 0.0946. The van der Waals surface area contributed by atoms with E-state index in [4.69, 9.17) is 23.2 Å². The number of benzene rings is 1. The lowest BCUT2D eigenvalue weighted by Gasteiger charge is -2.33. The summed E-state index contributed by atoms with van der Waals surface area (Å²) in [6, 6.07) is 8.02. The van der Waals surface area contributed by atoms with Crippen LogP contribution in [0.4, 0.5) is 10.1 Å². The molecule has 0 spiro atoms. The number of hydrogen-bond acceptors (Lipinski definition) is 3. The van der Waals surface area contributed by atoms with Crippen LogP contribution >= 0.6 is 23.2 Å². The summed E-state index contributed by atoms with van der Waals surface area (Å²) in [6.07, 6.45) is 3.27. The zero-order chi connectivity index (χ0) is 19.1. The standard InChI is InChI=1S/C19H15Cl2FN4O/c1-11-6-12(4-5-23-11)15-9-24-26-14(8-22)10-25(19(27)18(15)26)13-2-3-16(20)17(21)7-13/h2-7,9,14H,8,10H2,1H3/t14-/m0/s1. The molecular weight excluding hydrogens is 390 g/mol. The normalized spacial score (nSPS) is 16.5. The fourth-order valence-corrected chi connectivity index (χ4v) is 3.56. The van der Waals surface area contributed by atoms with Crippen LogP contribution < -0.4 is 4.90 Å². The number of anilines is 1. The van der Waals surface area contributed by atoms with Gasteiger partial charge in [-0.05, 0) is 42.8 Å². The molecule has 0 unspecified atom stereocenters. The number of aromatic nitrogens is 3. The maximum atomic E-state index is 13.7. The first-order valence-corrected chi connectivity index (χ1v) is 9.08. The molecule has 0 saturated heterocycles. The smallest absolute Gasteiger partial charge is 0.277 e. The highest BCUT2D eigenvalue weighted by Crippen LogP contribution is 2.35. The summed E-state index contributed by atoms with van der Waals surface area (Å²) in [5.74, 6) is -0.264. The molecular formula is C19H15Cl2FN4O. The van der Waals surface area contributed by atoms with Crippen LogP contribution in [0.1, 0.15) is 22.2 Å². The maximum absolute atomic E-state index is 13.7. The van der Waals surface area contributed by atoms with Crippen molar-refractivity contribution in [2.75, 3.05) is 18.1 Å². The zero-order valence-electron chi connectivity index (χ0n) is 14.4. The summed E-state index contributed by atoms with van der Waals surface area (Å²) >= 11 is 12.1. The van der Waals surface area contributed by atoms with Gasteiger partial charge in [-0.2, -0.15) is 5.10 Å². The van der Waals surface area contributed by atoms with Crippen molar-refractivity contribution < 1.29 is 9.18 Å². The van der Waals surface area contributed by atoms with Crippen molar-refractivity contribution in [2.45, 2.75) is 13.0 Å². The number of nitrogens with zero attached hydrogens (tertiary/aromatic N) is 4. The highest BCUT2D eigenvalue weighted by atomic mass is 35.5.